The summed E-state index contributed by atoms with van der Waals surface area (Å²) >= 11 is 0. The molecule has 144 valence electrons. The topological polar surface area (TPSA) is 54.3 Å². The maximum absolute atomic E-state index is 12.6. The average Bonchev–Trinajstić information content (AvgIpc) is 3.21. The van der Waals surface area contributed by atoms with E-state index in [-0.39, 0.29) is 5.91 Å². The van der Waals surface area contributed by atoms with E-state index in [1.54, 1.807) is 0 Å². The lowest BCUT2D eigenvalue weighted by Gasteiger charge is -2.31. The molecule has 1 aromatic carbocycles. The highest BCUT2D eigenvalue weighted by Crippen LogP contribution is 2.23. The quantitative estimate of drug-likeness (QED) is 0.833. The predicted molar refractivity (Wildman–Crippen MR) is 105 cm³/mol. The zero-order valence-electron chi connectivity index (χ0n) is 16.2. The second kappa shape index (κ2) is 8.21. The molecule has 0 radical (unpaired) electrons. The van der Waals surface area contributed by atoms with Crippen LogP contribution in [0.5, 0.6) is 0 Å². The van der Waals surface area contributed by atoms with Crippen LogP contribution in [0.15, 0.2) is 30.5 Å². The molecule has 1 aromatic heterocycles. The van der Waals surface area contributed by atoms with Gasteiger partial charge in [-0.25, -0.2) is 4.68 Å². The van der Waals surface area contributed by atoms with Crippen molar-refractivity contribution in [2.45, 2.75) is 51.6 Å². The number of aromatic nitrogens is 3. The van der Waals surface area contributed by atoms with Gasteiger partial charge in [-0.15, -0.1) is 5.10 Å². The van der Waals surface area contributed by atoms with E-state index in [4.69, 9.17) is 0 Å². The van der Waals surface area contributed by atoms with Gasteiger partial charge in [-0.05, 0) is 44.6 Å². The molecule has 0 bridgehead atoms. The van der Waals surface area contributed by atoms with Crippen LogP contribution < -0.4 is 0 Å². The molecule has 2 aliphatic heterocycles. The summed E-state index contributed by atoms with van der Waals surface area (Å²) in [5.41, 5.74) is 3.17. The van der Waals surface area contributed by atoms with Gasteiger partial charge in [-0.1, -0.05) is 35.0 Å². The maximum Gasteiger partial charge on any atom is 0.276 e. The third kappa shape index (κ3) is 4.38. The van der Waals surface area contributed by atoms with Crippen molar-refractivity contribution in [3.8, 4) is 0 Å². The molecule has 2 aromatic rings. The van der Waals surface area contributed by atoms with E-state index in [0.29, 0.717) is 11.7 Å². The molecule has 6 nitrogen and oxygen atoms in total. The largest absolute Gasteiger partial charge is 0.337 e. The summed E-state index contributed by atoms with van der Waals surface area (Å²) in [4.78, 5) is 17.0. The number of nitrogens with zero attached hydrogens (tertiary/aromatic N) is 5. The minimum Gasteiger partial charge on any atom is -0.337 e. The van der Waals surface area contributed by atoms with E-state index in [2.05, 4.69) is 46.4 Å². The van der Waals surface area contributed by atoms with Crippen LogP contribution in [-0.2, 0) is 6.54 Å². The van der Waals surface area contributed by atoms with Gasteiger partial charge in [-0.2, -0.15) is 0 Å². The van der Waals surface area contributed by atoms with Crippen molar-refractivity contribution in [3.05, 3.63) is 47.3 Å². The Hall–Kier alpha value is -2.21. The van der Waals surface area contributed by atoms with Gasteiger partial charge in [0, 0.05) is 32.7 Å². The Bertz CT molecular complexity index is 755. The summed E-state index contributed by atoms with van der Waals surface area (Å²) in [6, 6.07) is 9.14. The Labute approximate surface area is 161 Å². The second-order valence-electron chi connectivity index (χ2n) is 7.93. The van der Waals surface area contributed by atoms with Gasteiger partial charge in [0.1, 0.15) is 0 Å². The maximum atomic E-state index is 12.6. The summed E-state index contributed by atoms with van der Waals surface area (Å²) in [6.07, 6.45) is 7.37. The first-order valence-corrected chi connectivity index (χ1v) is 10.2. The molecular formula is C21H29N5O. The Morgan fingerprint density at radius 2 is 1.74 bits per heavy atom. The average molecular weight is 367 g/mol. The SMILES string of the molecule is Cc1ccc(CN2CCC(n3cc(C(=O)N4CCCCC4)nn3)CC2)cc1. The molecular weight excluding hydrogens is 338 g/mol. The molecule has 4 rings (SSSR count). The summed E-state index contributed by atoms with van der Waals surface area (Å²) in [6.45, 7) is 6.93. The zero-order chi connectivity index (χ0) is 18.6. The zero-order valence-corrected chi connectivity index (χ0v) is 16.2. The monoisotopic (exact) mass is 367 g/mol. The minimum atomic E-state index is 0.0396. The number of benzene rings is 1. The number of amides is 1. The van der Waals surface area contributed by atoms with Gasteiger partial charge in [0.15, 0.2) is 5.69 Å². The molecule has 1 amide bonds. The number of likely N-dealkylation sites (tertiary alicyclic amines) is 2. The first kappa shape index (κ1) is 18.2. The number of hydrogen-bond donors (Lipinski definition) is 0. The van der Waals surface area contributed by atoms with Gasteiger partial charge in [0.05, 0.1) is 12.2 Å². The fourth-order valence-corrected chi connectivity index (χ4v) is 4.11. The van der Waals surface area contributed by atoms with Crippen LogP contribution in [0.1, 0.15) is 59.8 Å². The molecule has 3 heterocycles. The molecule has 0 N–H and O–H groups in total. The first-order valence-electron chi connectivity index (χ1n) is 10.2. The molecule has 6 heteroatoms. The van der Waals surface area contributed by atoms with Crippen molar-refractivity contribution < 1.29 is 4.79 Å². The highest BCUT2D eigenvalue weighted by molar-refractivity contribution is 5.91. The Morgan fingerprint density at radius 3 is 2.44 bits per heavy atom. The van der Waals surface area contributed by atoms with E-state index in [1.165, 1.54) is 17.5 Å². The van der Waals surface area contributed by atoms with Gasteiger partial charge >= 0.3 is 0 Å². The van der Waals surface area contributed by atoms with E-state index in [0.717, 1.165) is 58.4 Å². The van der Waals surface area contributed by atoms with E-state index < -0.39 is 0 Å². The molecule has 2 fully saturated rings. The van der Waals surface area contributed by atoms with E-state index in [1.807, 2.05) is 15.8 Å². The van der Waals surface area contributed by atoms with Gasteiger partial charge in [-0.3, -0.25) is 9.69 Å². The number of hydrogen-bond acceptors (Lipinski definition) is 4. The van der Waals surface area contributed by atoms with Crippen molar-refractivity contribution in [1.82, 2.24) is 24.8 Å². The van der Waals surface area contributed by atoms with Gasteiger partial charge in [0.2, 0.25) is 0 Å². The molecule has 0 unspecified atom stereocenters. The summed E-state index contributed by atoms with van der Waals surface area (Å²) in [5, 5.41) is 8.44. The Morgan fingerprint density at radius 1 is 1.04 bits per heavy atom. The molecule has 0 spiro atoms. The lowest BCUT2D eigenvalue weighted by molar-refractivity contribution is 0.0718. The highest BCUT2D eigenvalue weighted by atomic mass is 16.2. The Kier molecular flexibility index (Phi) is 5.53. The standard InChI is InChI=1S/C21H29N5O/c1-17-5-7-18(8-6-17)15-24-13-9-19(10-14-24)26-16-20(22-23-26)21(27)25-11-3-2-4-12-25/h5-8,16,19H,2-4,9-15H2,1H3. The smallest absolute Gasteiger partial charge is 0.276 e. The van der Waals surface area contributed by atoms with E-state index in [9.17, 15) is 4.79 Å². The molecule has 2 saturated heterocycles. The van der Waals surface area contributed by atoms with Crippen molar-refractivity contribution in [3.63, 3.8) is 0 Å². The van der Waals surface area contributed by atoms with E-state index >= 15 is 0 Å². The van der Waals surface area contributed by atoms with Gasteiger partial charge in [0.25, 0.3) is 5.91 Å². The summed E-state index contributed by atoms with van der Waals surface area (Å²) < 4.78 is 1.92. The van der Waals surface area contributed by atoms with Crippen LogP contribution in [0.25, 0.3) is 0 Å². The lowest BCUT2D eigenvalue weighted by Crippen LogP contribution is -2.36. The number of rotatable bonds is 4. The van der Waals surface area contributed by atoms with Crippen molar-refractivity contribution >= 4 is 5.91 Å². The highest BCUT2D eigenvalue weighted by Gasteiger charge is 2.25. The van der Waals surface area contributed by atoms with Crippen LogP contribution >= 0.6 is 0 Å². The van der Waals surface area contributed by atoms with Crippen molar-refractivity contribution in [2.75, 3.05) is 26.2 Å². The number of piperidine rings is 2. The fraction of sp³-hybridized carbons (Fsp3) is 0.571. The lowest BCUT2D eigenvalue weighted by atomic mass is 10.0. The van der Waals surface area contributed by atoms with Crippen LogP contribution in [0, 0.1) is 6.92 Å². The molecule has 2 aliphatic rings. The number of carbonyl (C=O) groups is 1. The molecule has 27 heavy (non-hydrogen) atoms. The second-order valence-corrected chi connectivity index (χ2v) is 7.93. The normalized spacial score (nSPS) is 19.4. The number of aryl methyl sites for hydroxylation is 1. The first-order chi connectivity index (χ1) is 13.2. The van der Waals surface area contributed by atoms with Crippen molar-refractivity contribution in [2.24, 2.45) is 0 Å². The summed E-state index contributed by atoms with van der Waals surface area (Å²) in [7, 11) is 0. The van der Waals surface area contributed by atoms with Crippen LogP contribution in [0.2, 0.25) is 0 Å². The summed E-state index contributed by atoms with van der Waals surface area (Å²) in [5.74, 6) is 0.0396. The van der Waals surface area contributed by atoms with Crippen LogP contribution in [0.3, 0.4) is 0 Å². The van der Waals surface area contributed by atoms with Gasteiger partial charge < -0.3 is 4.90 Å². The third-order valence-corrected chi connectivity index (χ3v) is 5.83. The third-order valence-electron chi connectivity index (χ3n) is 5.83. The Balaban J connectivity index is 1.31. The molecule has 0 atom stereocenters. The molecule has 0 aliphatic carbocycles. The van der Waals surface area contributed by atoms with Crippen LogP contribution in [-0.4, -0.2) is 56.9 Å². The van der Waals surface area contributed by atoms with Crippen LogP contribution in [0.4, 0.5) is 0 Å². The fourth-order valence-electron chi connectivity index (χ4n) is 4.11. The minimum absolute atomic E-state index is 0.0396. The number of carbonyl (C=O) groups excluding carboxylic acids is 1. The molecule has 0 saturated carbocycles. The predicted octanol–water partition coefficient (Wildman–Crippen LogP) is 3.05. The van der Waals surface area contributed by atoms with Crippen molar-refractivity contribution in [1.29, 1.82) is 0 Å².